The first-order valence-corrected chi connectivity index (χ1v) is 11.2. The van der Waals surface area contributed by atoms with Gasteiger partial charge >= 0.3 is 5.97 Å². The zero-order valence-electron chi connectivity index (χ0n) is 19.2. The number of benzene rings is 3. The van der Waals surface area contributed by atoms with Crippen LogP contribution in [-0.4, -0.2) is 41.8 Å². The average Bonchev–Trinajstić information content (AvgIpc) is 3.12. The molecule has 1 heterocycles. The monoisotopic (exact) mass is 472 g/mol. The molecule has 0 aliphatic carbocycles. The Morgan fingerprint density at radius 2 is 1.51 bits per heavy atom. The lowest BCUT2D eigenvalue weighted by atomic mass is 10.1. The number of imide groups is 1. The number of ether oxygens (including phenoxy) is 2. The Morgan fingerprint density at radius 3 is 2.17 bits per heavy atom. The summed E-state index contributed by atoms with van der Waals surface area (Å²) in [4.78, 5) is 51.4. The van der Waals surface area contributed by atoms with E-state index in [9.17, 15) is 19.2 Å². The van der Waals surface area contributed by atoms with Crippen molar-refractivity contribution in [3.8, 4) is 5.75 Å². The fraction of sp³-hybridized carbons (Fsp3) is 0.185. The lowest BCUT2D eigenvalue weighted by Gasteiger charge is -2.16. The minimum Gasteiger partial charge on any atom is -0.493 e. The summed E-state index contributed by atoms with van der Waals surface area (Å²) in [5.41, 5.74) is 2.28. The molecule has 8 heteroatoms. The number of carbonyl (C=O) groups excluding carboxylic acids is 4. The van der Waals surface area contributed by atoms with Gasteiger partial charge in [-0.2, -0.15) is 0 Å². The second kappa shape index (κ2) is 10.6. The molecular formula is C27H24N2O6. The van der Waals surface area contributed by atoms with Gasteiger partial charge in [-0.1, -0.05) is 48.5 Å². The molecule has 1 aliphatic rings. The molecule has 3 aromatic rings. The Kier molecular flexibility index (Phi) is 7.21. The van der Waals surface area contributed by atoms with Gasteiger partial charge in [0.25, 0.3) is 17.7 Å². The van der Waals surface area contributed by atoms with Crippen molar-refractivity contribution in [2.24, 2.45) is 0 Å². The van der Waals surface area contributed by atoms with E-state index >= 15 is 0 Å². The molecule has 8 nitrogen and oxygen atoms in total. The molecule has 35 heavy (non-hydrogen) atoms. The summed E-state index contributed by atoms with van der Waals surface area (Å²) in [6, 6.07) is 20.8. The Labute approximate surface area is 202 Å². The molecule has 0 unspecified atom stereocenters. The molecule has 3 amide bonds. The zero-order chi connectivity index (χ0) is 24.8. The maximum absolute atomic E-state index is 12.8. The highest BCUT2D eigenvalue weighted by Crippen LogP contribution is 2.27. The summed E-state index contributed by atoms with van der Waals surface area (Å²) in [5, 5.41) is 2.69. The summed E-state index contributed by atoms with van der Waals surface area (Å²) in [5.74, 6) is -1.68. The molecular weight excluding hydrogens is 448 g/mol. The summed E-state index contributed by atoms with van der Waals surface area (Å²) in [6.45, 7) is 1.93. The van der Waals surface area contributed by atoms with Gasteiger partial charge in [0.1, 0.15) is 11.3 Å². The molecule has 0 atom stereocenters. The van der Waals surface area contributed by atoms with Crippen LogP contribution >= 0.6 is 0 Å². The van der Waals surface area contributed by atoms with Crippen molar-refractivity contribution in [1.29, 1.82) is 0 Å². The van der Waals surface area contributed by atoms with Crippen LogP contribution in [0, 0.1) is 0 Å². The number of carbonyl (C=O) groups is 4. The molecule has 0 fully saturated rings. The van der Waals surface area contributed by atoms with E-state index in [4.69, 9.17) is 9.47 Å². The van der Waals surface area contributed by atoms with Crippen LogP contribution < -0.4 is 10.1 Å². The molecule has 1 N–H and O–H groups in total. The minimum atomic E-state index is -0.743. The predicted octanol–water partition coefficient (Wildman–Crippen LogP) is 3.35. The largest absolute Gasteiger partial charge is 0.493 e. The number of rotatable bonds is 9. The van der Waals surface area contributed by atoms with Crippen molar-refractivity contribution in [3.05, 3.63) is 101 Å². The number of nitrogens with zero attached hydrogens (tertiary/aromatic N) is 1. The van der Waals surface area contributed by atoms with Gasteiger partial charge in [-0.3, -0.25) is 19.3 Å². The van der Waals surface area contributed by atoms with E-state index in [0.29, 0.717) is 29.8 Å². The van der Waals surface area contributed by atoms with Crippen LogP contribution in [0.25, 0.3) is 0 Å². The van der Waals surface area contributed by atoms with Gasteiger partial charge in [0, 0.05) is 6.54 Å². The van der Waals surface area contributed by atoms with Gasteiger partial charge in [-0.15, -0.1) is 0 Å². The van der Waals surface area contributed by atoms with Crippen molar-refractivity contribution >= 4 is 23.7 Å². The summed E-state index contributed by atoms with van der Waals surface area (Å²) >= 11 is 0. The lowest BCUT2D eigenvalue weighted by Crippen LogP contribution is -2.29. The van der Waals surface area contributed by atoms with Crippen molar-refractivity contribution < 1.29 is 28.7 Å². The van der Waals surface area contributed by atoms with E-state index in [0.717, 1.165) is 10.5 Å². The molecule has 0 saturated heterocycles. The number of hydrogen-bond acceptors (Lipinski definition) is 6. The topological polar surface area (TPSA) is 102 Å². The molecule has 0 radical (unpaired) electrons. The molecule has 0 aromatic heterocycles. The number of amides is 3. The summed E-state index contributed by atoms with van der Waals surface area (Å²) in [7, 11) is 0. The second-order valence-corrected chi connectivity index (χ2v) is 7.84. The van der Waals surface area contributed by atoms with E-state index in [1.54, 1.807) is 43.3 Å². The number of esters is 1. The minimum absolute atomic E-state index is 0.0173. The zero-order valence-corrected chi connectivity index (χ0v) is 19.2. The van der Waals surface area contributed by atoms with Crippen molar-refractivity contribution in [2.45, 2.75) is 20.0 Å². The van der Waals surface area contributed by atoms with Gasteiger partial charge in [0.2, 0.25) is 0 Å². The van der Waals surface area contributed by atoms with Crippen LogP contribution in [0.1, 0.15) is 49.1 Å². The third-order valence-corrected chi connectivity index (χ3v) is 5.45. The normalized spacial score (nSPS) is 12.3. The van der Waals surface area contributed by atoms with Crippen LogP contribution in [0.15, 0.2) is 72.8 Å². The Hall–Kier alpha value is -4.46. The highest BCUT2D eigenvalue weighted by atomic mass is 16.5. The van der Waals surface area contributed by atoms with Gasteiger partial charge in [0.05, 0.1) is 24.3 Å². The van der Waals surface area contributed by atoms with Gasteiger partial charge in [-0.25, -0.2) is 4.79 Å². The Balaban J connectivity index is 1.43. The number of fused-ring (bicyclic) bond motifs is 1. The third kappa shape index (κ3) is 5.38. The quantitative estimate of drug-likeness (QED) is 0.379. The second-order valence-electron chi connectivity index (χ2n) is 7.84. The molecule has 178 valence electrons. The highest BCUT2D eigenvalue weighted by molar-refractivity contribution is 6.21. The standard InChI is InChI=1S/C27H24N2O6/c1-2-34-23-13-12-19(16-29-25(31)20-10-6-7-11-21(20)26(29)32)14-22(23)27(33)35-17-24(30)28-15-18-8-4-3-5-9-18/h3-14H,2,15-17H2,1H3,(H,28,30). The van der Waals surface area contributed by atoms with Crippen LogP contribution in [-0.2, 0) is 22.6 Å². The predicted molar refractivity (Wildman–Crippen MR) is 127 cm³/mol. The smallest absolute Gasteiger partial charge is 0.342 e. The van der Waals surface area contributed by atoms with Crippen molar-refractivity contribution in [3.63, 3.8) is 0 Å². The van der Waals surface area contributed by atoms with E-state index in [1.807, 2.05) is 30.3 Å². The van der Waals surface area contributed by atoms with Crippen LogP contribution in [0.4, 0.5) is 0 Å². The van der Waals surface area contributed by atoms with Crippen LogP contribution in [0.2, 0.25) is 0 Å². The average molecular weight is 472 g/mol. The molecule has 0 spiro atoms. The fourth-order valence-corrected chi connectivity index (χ4v) is 3.74. The molecule has 4 rings (SSSR count). The molecule has 0 bridgehead atoms. The maximum atomic E-state index is 12.8. The first-order valence-electron chi connectivity index (χ1n) is 11.2. The SMILES string of the molecule is CCOc1ccc(CN2C(=O)c3ccccc3C2=O)cc1C(=O)OCC(=O)NCc1ccccc1. The maximum Gasteiger partial charge on any atom is 0.342 e. The van der Waals surface area contributed by atoms with E-state index in [1.165, 1.54) is 6.07 Å². The third-order valence-electron chi connectivity index (χ3n) is 5.45. The molecule has 3 aromatic carbocycles. The fourth-order valence-electron chi connectivity index (χ4n) is 3.74. The van der Waals surface area contributed by atoms with E-state index in [2.05, 4.69) is 5.32 Å². The van der Waals surface area contributed by atoms with Crippen LogP contribution in [0.5, 0.6) is 5.75 Å². The van der Waals surface area contributed by atoms with Gasteiger partial charge < -0.3 is 14.8 Å². The van der Waals surface area contributed by atoms with Crippen molar-refractivity contribution in [2.75, 3.05) is 13.2 Å². The molecule has 1 aliphatic heterocycles. The van der Waals surface area contributed by atoms with E-state index in [-0.39, 0.29) is 17.9 Å². The molecule has 0 saturated carbocycles. The van der Waals surface area contributed by atoms with E-state index < -0.39 is 30.3 Å². The van der Waals surface area contributed by atoms with Crippen LogP contribution in [0.3, 0.4) is 0 Å². The first-order chi connectivity index (χ1) is 17.0. The Bertz CT molecular complexity index is 1240. The summed E-state index contributed by atoms with van der Waals surface area (Å²) < 4.78 is 10.7. The highest BCUT2D eigenvalue weighted by Gasteiger charge is 2.35. The number of hydrogen-bond donors (Lipinski definition) is 1. The Morgan fingerprint density at radius 1 is 0.857 bits per heavy atom. The van der Waals surface area contributed by atoms with Gasteiger partial charge in [0.15, 0.2) is 6.61 Å². The van der Waals surface area contributed by atoms with Crippen molar-refractivity contribution in [1.82, 2.24) is 10.2 Å². The summed E-state index contributed by atoms with van der Waals surface area (Å²) in [6.07, 6.45) is 0. The van der Waals surface area contributed by atoms with Gasteiger partial charge in [-0.05, 0) is 42.3 Å². The first kappa shape index (κ1) is 23.7. The lowest BCUT2D eigenvalue weighted by molar-refractivity contribution is -0.124. The number of nitrogens with one attached hydrogen (secondary N) is 1.